The molecule has 0 saturated heterocycles. The van der Waals surface area contributed by atoms with E-state index in [2.05, 4.69) is 45.0 Å². The fourth-order valence-electron chi connectivity index (χ4n) is 1.81. The summed E-state index contributed by atoms with van der Waals surface area (Å²) in [5.74, 6) is 0.953. The largest absolute Gasteiger partial charge is 0.469 e. The average Bonchev–Trinajstić information content (AvgIpc) is 2.90. The Bertz CT molecular complexity index is 477. The van der Waals surface area contributed by atoms with Crippen molar-refractivity contribution in [3.05, 3.63) is 44.4 Å². The summed E-state index contributed by atoms with van der Waals surface area (Å²) in [4.78, 5) is 0. The Kier molecular flexibility index (Phi) is 4.42. The van der Waals surface area contributed by atoms with Crippen molar-refractivity contribution in [3.8, 4) is 0 Å². The molecule has 2 heterocycles. The van der Waals surface area contributed by atoms with Gasteiger partial charge in [-0.2, -0.15) is 11.3 Å². The second-order valence-electron chi connectivity index (χ2n) is 4.05. The molecule has 1 unspecified atom stereocenters. The van der Waals surface area contributed by atoms with Gasteiger partial charge in [0.05, 0.1) is 12.3 Å². The molecule has 2 nitrogen and oxygen atoms in total. The van der Waals surface area contributed by atoms with Crippen LogP contribution in [0, 0.1) is 6.92 Å². The van der Waals surface area contributed by atoms with Crippen LogP contribution in [0.15, 0.2) is 32.0 Å². The summed E-state index contributed by atoms with van der Waals surface area (Å²) >= 11 is 5.31. The summed E-state index contributed by atoms with van der Waals surface area (Å²) in [6.07, 6.45) is 2.96. The normalized spacial score (nSPS) is 12.9. The van der Waals surface area contributed by atoms with Gasteiger partial charge in [-0.25, -0.2) is 0 Å². The molecule has 1 N–H and O–H groups in total. The Morgan fingerprint density at radius 2 is 2.29 bits per heavy atom. The Hall–Kier alpha value is -0.580. The number of halogens is 1. The van der Waals surface area contributed by atoms with Crippen molar-refractivity contribution in [1.82, 2.24) is 5.32 Å². The van der Waals surface area contributed by atoms with E-state index >= 15 is 0 Å². The minimum absolute atomic E-state index is 0.216. The molecule has 92 valence electrons. The lowest BCUT2D eigenvalue weighted by Gasteiger charge is -2.16. The van der Waals surface area contributed by atoms with Crippen molar-refractivity contribution in [2.75, 3.05) is 6.54 Å². The Balaban J connectivity index is 2.28. The first kappa shape index (κ1) is 12.9. The summed E-state index contributed by atoms with van der Waals surface area (Å²) < 4.78 is 6.57. The van der Waals surface area contributed by atoms with Gasteiger partial charge in [-0.05, 0) is 52.8 Å². The van der Waals surface area contributed by atoms with Crippen molar-refractivity contribution >= 4 is 27.3 Å². The van der Waals surface area contributed by atoms with E-state index in [1.165, 1.54) is 11.1 Å². The second kappa shape index (κ2) is 5.85. The van der Waals surface area contributed by atoms with Gasteiger partial charge in [0.1, 0.15) is 5.76 Å². The third kappa shape index (κ3) is 3.00. The standard InChI is InChI=1S/C13H16BrNOS/c1-3-4-15-13(10-5-9(2)16-6-10)11-7-17-8-12(11)14/h5-8,13,15H,3-4H2,1-2H3. The number of rotatable bonds is 5. The first-order valence-corrected chi connectivity index (χ1v) is 7.46. The lowest BCUT2D eigenvalue weighted by molar-refractivity contribution is 0.523. The van der Waals surface area contributed by atoms with E-state index in [4.69, 9.17) is 4.42 Å². The second-order valence-corrected chi connectivity index (χ2v) is 5.65. The molecule has 0 saturated carbocycles. The van der Waals surface area contributed by atoms with Crippen LogP contribution in [0.1, 0.15) is 36.3 Å². The highest BCUT2D eigenvalue weighted by molar-refractivity contribution is 9.10. The lowest BCUT2D eigenvalue weighted by atomic mass is 10.0. The van der Waals surface area contributed by atoms with Gasteiger partial charge < -0.3 is 9.73 Å². The number of furan rings is 1. The molecule has 0 aliphatic heterocycles. The fourth-order valence-corrected chi connectivity index (χ4v) is 3.36. The molecule has 0 radical (unpaired) electrons. The highest BCUT2D eigenvalue weighted by Crippen LogP contribution is 2.32. The lowest BCUT2D eigenvalue weighted by Crippen LogP contribution is -2.22. The van der Waals surface area contributed by atoms with Gasteiger partial charge in [0.15, 0.2) is 0 Å². The van der Waals surface area contributed by atoms with Crippen LogP contribution in [-0.2, 0) is 0 Å². The third-order valence-electron chi connectivity index (χ3n) is 2.64. The molecule has 2 aromatic rings. The van der Waals surface area contributed by atoms with Gasteiger partial charge in [0.2, 0.25) is 0 Å². The molecule has 0 aliphatic rings. The van der Waals surface area contributed by atoms with Gasteiger partial charge in [-0.15, -0.1) is 0 Å². The molecule has 17 heavy (non-hydrogen) atoms. The maximum absolute atomic E-state index is 5.41. The summed E-state index contributed by atoms with van der Waals surface area (Å²) in [7, 11) is 0. The molecule has 0 aromatic carbocycles. The fraction of sp³-hybridized carbons (Fsp3) is 0.385. The maximum atomic E-state index is 5.41. The number of nitrogens with one attached hydrogen (secondary N) is 1. The van der Waals surface area contributed by atoms with Crippen molar-refractivity contribution in [3.63, 3.8) is 0 Å². The van der Waals surface area contributed by atoms with Crippen molar-refractivity contribution < 1.29 is 4.42 Å². The first-order chi connectivity index (χ1) is 8.22. The first-order valence-electron chi connectivity index (χ1n) is 5.72. The van der Waals surface area contributed by atoms with E-state index in [9.17, 15) is 0 Å². The molecule has 1 atom stereocenters. The van der Waals surface area contributed by atoms with Crippen LogP contribution in [0.25, 0.3) is 0 Å². The number of thiophene rings is 1. The molecule has 0 fully saturated rings. The summed E-state index contributed by atoms with van der Waals surface area (Å²) in [6, 6.07) is 2.31. The van der Waals surface area contributed by atoms with E-state index < -0.39 is 0 Å². The minimum Gasteiger partial charge on any atom is -0.469 e. The van der Waals surface area contributed by atoms with Gasteiger partial charge in [0.25, 0.3) is 0 Å². The highest BCUT2D eigenvalue weighted by Gasteiger charge is 2.18. The molecule has 4 heteroatoms. The van der Waals surface area contributed by atoms with E-state index in [1.54, 1.807) is 11.3 Å². The zero-order valence-electron chi connectivity index (χ0n) is 10.00. The van der Waals surface area contributed by atoms with Gasteiger partial charge in [0, 0.05) is 15.4 Å². The van der Waals surface area contributed by atoms with Crippen LogP contribution in [0.5, 0.6) is 0 Å². The molecular weight excluding hydrogens is 298 g/mol. The molecule has 2 aromatic heterocycles. The van der Waals surface area contributed by atoms with E-state index in [0.717, 1.165) is 23.2 Å². The highest BCUT2D eigenvalue weighted by atomic mass is 79.9. The Morgan fingerprint density at radius 1 is 1.47 bits per heavy atom. The molecule has 0 amide bonds. The maximum Gasteiger partial charge on any atom is 0.101 e. The van der Waals surface area contributed by atoms with Crippen molar-refractivity contribution in [2.45, 2.75) is 26.3 Å². The number of hydrogen-bond donors (Lipinski definition) is 1. The average molecular weight is 314 g/mol. The third-order valence-corrected chi connectivity index (χ3v) is 4.39. The van der Waals surface area contributed by atoms with Gasteiger partial charge in [-0.3, -0.25) is 0 Å². The molecule has 0 spiro atoms. The molecule has 0 bridgehead atoms. The number of hydrogen-bond acceptors (Lipinski definition) is 3. The predicted molar refractivity (Wildman–Crippen MR) is 75.6 cm³/mol. The van der Waals surface area contributed by atoms with Gasteiger partial charge >= 0.3 is 0 Å². The monoisotopic (exact) mass is 313 g/mol. The molecule has 2 rings (SSSR count). The topological polar surface area (TPSA) is 25.2 Å². The van der Waals surface area contributed by atoms with Crippen LogP contribution in [-0.4, -0.2) is 6.54 Å². The van der Waals surface area contributed by atoms with Gasteiger partial charge in [-0.1, -0.05) is 6.92 Å². The zero-order valence-corrected chi connectivity index (χ0v) is 12.4. The molecule has 0 aliphatic carbocycles. The minimum atomic E-state index is 0.216. The summed E-state index contributed by atoms with van der Waals surface area (Å²) in [6.45, 7) is 5.15. The van der Waals surface area contributed by atoms with E-state index in [-0.39, 0.29) is 6.04 Å². The number of aryl methyl sites for hydroxylation is 1. The van der Waals surface area contributed by atoms with Crippen molar-refractivity contribution in [2.24, 2.45) is 0 Å². The molecular formula is C13H16BrNOS. The predicted octanol–water partition coefficient (Wildman–Crippen LogP) is 4.50. The van der Waals surface area contributed by atoms with Crippen LogP contribution < -0.4 is 5.32 Å². The van der Waals surface area contributed by atoms with Crippen LogP contribution in [0.2, 0.25) is 0 Å². The summed E-state index contributed by atoms with van der Waals surface area (Å²) in [5.41, 5.74) is 2.47. The van der Waals surface area contributed by atoms with Crippen LogP contribution in [0.3, 0.4) is 0 Å². The van der Waals surface area contributed by atoms with E-state index in [0.29, 0.717) is 0 Å². The quantitative estimate of drug-likeness (QED) is 0.879. The zero-order chi connectivity index (χ0) is 12.3. The van der Waals surface area contributed by atoms with Crippen LogP contribution >= 0.6 is 27.3 Å². The SMILES string of the molecule is CCCNC(c1coc(C)c1)c1cscc1Br. The summed E-state index contributed by atoms with van der Waals surface area (Å²) in [5, 5.41) is 7.85. The van der Waals surface area contributed by atoms with Crippen LogP contribution in [0.4, 0.5) is 0 Å². The Labute approximate surface area is 114 Å². The van der Waals surface area contributed by atoms with E-state index in [1.807, 2.05) is 13.2 Å². The smallest absolute Gasteiger partial charge is 0.101 e. The van der Waals surface area contributed by atoms with Crippen molar-refractivity contribution in [1.29, 1.82) is 0 Å². The Morgan fingerprint density at radius 3 is 2.82 bits per heavy atom.